The highest BCUT2D eigenvalue weighted by Gasteiger charge is 2.29. The molecular formula is C16H17NO2S. The number of rotatable bonds is 3. The van der Waals surface area contributed by atoms with Gasteiger partial charge < -0.3 is 10.4 Å². The summed E-state index contributed by atoms with van der Waals surface area (Å²) in [5.41, 5.74) is 3.89. The second kappa shape index (κ2) is 5.04. The molecule has 2 unspecified atom stereocenters. The molecule has 20 heavy (non-hydrogen) atoms. The second-order valence-corrected chi connectivity index (χ2v) is 6.11. The van der Waals surface area contributed by atoms with Crippen molar-refractivity contribution in [3.63, 3.8) is 0 Å². The van der Waals surface area contributed by atoms with Gasteiger partial charge in [0.15, 0.2) is 0 Å². The maximum atomic E-state index is 11.8. The van der Waals surface area contributed by atoms with E-state index in [1.165, 1.54) is 0 Å². The van der Waals surface area contributed by atoms with Gasteiger partial charge in [-0.3, -0.25) is 4.79 Å². The molecule has 3 rings (SSSR count). The molecule has 1 amide bonds. The number of fused-ring (bicyclic) bond motifs is 1. The third kappa shape index (κ3) is 2.05. The smallest absolute Gasteiger partial charge is 0.231 e. The lowest BCUT2D eigenvalue weighted by atomic mass is 9.94. The summed E-state index contributed by atoms with van der Waals surface area (Å²) in [4.78, 5) is 12.8. The summed E-state index contributed by atoms with van der Waals surface area (Å²) < 4.78 is 0. The Morgan fingerprint density at radius 3 is 2.90 bits per heavy atom. The summed E-state index contributed by atoms with van der Waals surface area (Å²) in [6, 6.07) is 7.83. The van der Waals surface area contributed by atoms with Crippen molar-refractivity contribution in [3.8, 4) is 0 Å². The standard InChI is InChI=1S/C16H17NO2S/c1-3-10-7-11(15(18)13-5-4-6-20-13)8-12-9(2)16(19)17-14(10)12/h4-9,15,18H,3H2,1-2H3,(H,17,19). The number of carbonyl (C=O) groups excluding carboxylic acids is 1. The lowest BCUT2D eigenvalue weighted by Crippen LogP contribution is -2.08. The molecule has 4 heteroatoms. The number of amides is 1. The number of anilines is 1. The molecule has 0 radical (unpaired) electrons. The lowest BCUT2D eigenvalue weighted by molar-refractivity contribution is -0.116. The minimum Gasteiger partial charge on any atom is -0.383 e. The predicted octanol–water partition coefficient (Wildman–Crippen LogP) is 3.45. The van der Waals surface area contributed by atoms with Gasteiger partial charge in [-0.2, -0.15) is 0 Å². The Morgan fingerprint density at radius 2 is 2.25 bits per heavy atom. The summed E-state index contributed by atoms with van der Waals surface area (Å²) in [7, 11) is 0. The molecule has 1 aliphatic rings. The van der Waals surface area contributed by atoms with Gasteiger partial charge in [0.2, 0.25) is 5.91 Å². The normalized spacial score (nSPS) is 18.8. The molecule has 0 bridgehead atoms. The molecule has 1 aromatic heterocycles. The van der Waals surface area contributed by atoms with Crippen LogP contribution in [-0.2, 0) is 11.2 Å². The molecule has 2 atom stereocenters. The third-order valence-corrected chi connectivity index (χ3v) is 4.81. The molecule has 0 fully saturated rings. The quantitative estimate of drug-likeness (QED) is 0.908. The van der Waals surface area contributed by atoms with Crippen molar-refractivity contribution in [3.05, 3.63) is 51.2 Å². The van der Waals surface area contributed by atoms with Crippen LogP contribution >= 0.6 is 11.3 Å². The Kier molecular flexibility index (Phi) is 3.36. The van der Waals surface area contributed by atoms with Crippen LogP contribution in [0.1, 0.15) is 47.4 Å². The van der Waals surface area contributed by atoms with Crippen molar-refractivity contribution in [1.82, 2.24) is 0 Å². The van der Waals surface area contributed by atoms with Gasteiger partial charge in [0, 0.05) is 10.6 Å². The third-order valence-electron chi connectivity index (χ3n) is 3.89. The SMILES string of the molecule is CCc1cc(C(O)c2cccs2)cc2c1NC(=O)C2C. The maximum absolute atomic E-state index is 11.8. The van der Waals surface area contributed by atoms with Crippen LogP contribution in [0.15, 0.2) is 29.6 Å². The van der Waals surface area contributed by atoms with Crippen molar-refractivity contribution < 1.29 is 9.90 Å². The van der Waals surface area contributed by atoms with Crippen molar-refractivity contribution in [2.75, 3.05) is 5.32 Å². The van der Waals surface area contributed by atoms with Gasteiger partial charge in [0.1, 0.15) is 6.10 Å². The molecule has 0 aliphatic carbocycles. The van der Waals surface area contributed by atoms with E-state index < -0.39 is 6.10 Å². The molecule has 2 N–H and O–H groups in total. The summed E-state index contributed by atoms with van der Waals surface area (Å²) in [6.07, 6.45) is 0.217. The molecule has 1 aliphatic heterocycles. The molecule has 2 heterocycles. The van der Waals surface area contributed by atoms with Gasteiger partial charge in [-0.25, -0.2) is 0 Å². The number of carbonyl (C=O) groups is 1. The fourth-order valence-corrected chi connectivity index (χ4v) is 3.40. The number of hydrogen-bond acceptors (Lipinski definition) is 3. The molecule has 0 saturated carbocycles. The minimum absolute atomic E-state index is 0.0393. The zero-order valence-electron chi connectivity index (χ0n) is 11.5. The minimum atomic E-state index is -0.617. The Hall–Kier alpha value is -1.65. The van der Waals surface area contributed by atoms with Crippen molar-refractivity contribution in [2.24, 2.45) is 0 Å². The first kappa shape index (κ1) is 13.3. The Bertz CT molecular complexity index is 649. The van der Waals surface area contributed by atoms with Crippen LogP contribution in [0, 0.1) is 0 Å². The van der Waals surface area contributed by atoms with E-state index in [4.69, 9.17) is 0 Å². The molecule has 1 aromatic carbocycles. The molecule has 2 aromatic rings. The van der Waals surface area contributed by atoms with Crippen LogP contribution in [0.3, 0.4) is 0 Å². The molecule has 104 valence electrons. The highest BCUT2D eigenvalue weighted by atomic mass is 32.1. The zero-order chi connectivity index (χ0) is 14.3. The summed E-state index contributed by atoms with van der Waals surface area (Å²) in [5.74, 6) is -0.108. The lowest BCUT2D eigenvalue weighted by Gasteiger charge is -2.14. The molecule has 0 spiro atoms. The average molecular weight is 287 g/mol. The van der Waals surface area contributed by atoms with Gasteiger partial charge in [-0.15, -0.1) is 11.3 Å². The second-order valence-electron chi connectivity index (χ2n) is 5.13. The largest absolute Gasteiger partial charge is 0.383 e. The first-order valence-electron chi connectivity index (χ1n) is 6.80. The van der Waals surface area contributed by atoms with Gasteiger partial charge in [0.25, 0.3) is 0 Å². The number of benzene rings is 1. The Morgan fingerprint density at radius 1 is 1.45 bits per heavy atom. The first-order chi connectivity index (χ1) is 9.61. The van der Waals surface area contributed by atoms with E-state index in [0.29, 0.717) is 0 Å². The summed E-state index contributed by atoms with van der Waals surface area (Å²) in [5, 5.41) is 15.4. The molecule has 0 saturated heterocycles. The molecule has 3 nitrogen and oxygen atoms in total. The zero-order valence-corrected chi connectivity index (χ0v) is 12.3. The number of nitrogens with one attached hydrogen (secondary N) is 1. The summed E-state index contributed by atoms with van der Waals surface area (Å²) >= 11 is 1.54. The van der Waals surface area contributed by atoms with E-state index >= 15 is 0 Å². The van der Waals surface area contributed by atoms with E-state index in [1.807, 2.05) is 36.6 Å². The van der Waals surface area contributed by atoms with Gasteiger partial charge >= 0.3 is 0 Å². The molecular weight excluding hydrogens is 270 g/mol. The van der Waals surface area contributed by atoms with E-state index in [2.05, 4.69) is 12.2 Å². The predicted molar refractivity (Wildman–Crippen MR) is 81.2 cm³/mol. The number of thiophene rings is 1. The summed E-state index contributed by atoms with van der Waals surface area (Å²) in [6.45, 7) is 3.97. The van der Waals surface area contributed by atoms with Crippen LogP contribution < -0.4 is 5.32 Å². The highest BCUT2D eigenvalue weighted by molar-refractivity contribution is 7.10. The van der Waals surface area contributed by atoms with Gasteiger partial charge in [0.05, 0.1) is 5.92 Å². The van der Waals surface area contributed by atoms with Gasteiger partial charge in [-0.1, -0.05) is 19.1 Å². The van der Waals surface area contributed by atoms with E-state index in [1.54, 1.807) is 11.3 Å². The fourth-order valence-electron chi connectivity index (χ4n) is 2.67. The van der Waals surface area contributed by atoms with E-state index in [-0.39, 0.29) is 11.8 Å². The monoisotopic (exact) mass is 287 g/mol. The topological polar surface area (TPSA) is 49.3 Å². The number of aliphatic hydroxyl groups excluding tert-OH is 1. The van der Waals surface area contributed by atoms with Crippen molar-refractivity contribution in [1.29, 1.82) is 0 Å². The van der Waals surface area contributed by atoms with Gasteiger partial charge in [-0.05, 0) is 47.5 Å². The van der Waals surface area contributed by atoms with Crippen molar-refractivity contribution >= 4 is 22.9 Å². The first-order valence-corrected chi connectivity index (χ1v) is 7.68. The van der Waals surface area contributed by atoms with Crippen LogP contribution in [0.25, 0.3) is 0 Å². The number of hydrogen-bond donors (Lipinski definition) is 2. The van der Waals surface area contributed by atoms with Crippen LogP contribution in [0.4, 0.5) is 5.69 Å². The maximum Gasteiger partial charge on any atom is 0.231 e. The number of aryl methyl sites for hydroxylation is 1. The fraction of sp³-hybridized carbons (Fsp3) is 0.312. The Labute approximate surface area is 122 Å². The number of aliphatic hydroxyl groups is 1. The van der Waals surface area contributed by atoms with E-state index in [0.717, 1.165) is 33.7 Å². The highest BCUT2D eigenvalue weighted by Crippen LogP contribution is 2.39. The van der Waals surface area contributed by atoms with Crippen LogP contribution in [0.5, 0.6) is 0 Å². The Balaban J connectivity index is 2.08. The van der Waals surface area contributed by atoms with Crippen LogP contribution in [-0.4, -0.2) is 11.0 Å². The van der Waals surface area contributed by atoms with E-state index in [9.17, 15) is 9.90 Å². The van der Waals surface area contributed by atoms with Crippen molar-refractivity contribution in [2.45, 2.75) is 32.3 Å². The van der Waals surface area contributed by atoms with Crippen LogP contribution in [0.2, 0.25) is 0 Å². The average Bonchev–Trinajstić information content (AvgIpc) is 3.07.